The highest BCUT2D eigenvalue weighted by atomic mass is 19.1. The number of aromatic nitrogens is 3. The summed E-state index contributed by atoms with van der Waals surface area (Å²) in [5.41, 5.74) is 11.5. The molecule has 8 nitrogen and oxygen atoms in total. The molecule has 0 unspecified atom stereocenters. The molecule has 0 fully saturated rings. The Labute approximate surface area is 160 Å². The summed E-state index contributed by atoms with van der Waals surface area (Å²) in [6, 6.07) is 8.03. The Morgan fingerprint density at radius 2 is 2.18 bits per heavy atom. The van der Waals surface area contributed by atoms with Gasteiger partial charge in [-0.05, 0) is 31.2 Å². The van der Waals surface area contributed by atoms with Crippen molar-refractivity contribution in [3.63, 3.8) is 0 Å². The summed E-state index contributed by atoms with van der Waals surface area (Å²) in [5.74, 6) is 0.520. The summed E-state index contributed by atoms with van der Waals surface area (Å²) >= 11 is 0. The standard InChI is InChI=1S/C19H17FN6O2/c1-10-13-6-12(20)3-4-16(13)28-24-9-14-18(15(7-21)26(2)25-14)11-5-17(27-10)19(22)23-8-11/h3-6,8,10,24H,9H2,1-2H3,(H2,22,23)/t10-/m1/s1. The van der Waals surface area contributed by atoms with Gasteiger partial charge >= 0.3 is 0 Å². The van der Waals surface area contributed by atoms with Crippen molar-refractivity contribution in [2.75, 3.05) is 5.73 Å². The first-order valence-corrected chi connectivity index (χ1v) is 8.55. The molecule has 142 valence electrons. The van der Waals surface area contributed by atoms with Crippen LogP contribution in [0.2, 0.25) is 0 Å². The van der Waals surface area contributed by atoms with Crippen molar-refractivity contribution in [3.05, 3.63) is 53.2 Å². The van der Waals surface area contributed by atoms with Gasteiger partial charge in [0.2, 0.25) is 0 Å². The summed E-state index contributed by atoms with van der Waals surface area (Å²) in [6.45, 7) is 1.98. The van der Waals surface area contributed by atoms with E-state index in [9.17, 15) is 9.65 Å². The number of nitrogens with one attached hydrogen (secondary N) is 1. The molecule has 0 saturated carbocycles. The number of anilines is 1. The van der Waals surface area contributed by atoms with Crippen molar-refractivity contribution >= 4 is 5.82 Å². The number of nitrogens with two attached hydrogens (primary N) is 1. The van der Waals surface area contributed by atoms with Crippen LogP contribution >= 0.6 is 0 Å². The van der Waals surface area contributed by atoms with Crippen molar-refractivity contribution in [2.45, 2.75) is 19.6 Å². The molecular formula is C19H17FN6O2. The molecule has 1 aromatic carbocycles. The fourth-order valence-corrected chi connectivity index (χ4v) is 3.19. The van der Waals surface area contributed by atoms with Crippen LogP contribution in [0, 0.1) is 17.1 Å². The second-order valence-corrected chi connectivity index (χ2v) is 6.38. The molecule has 1 aliphatic rings. The van der Waals surface area contributed by atoms with Gasteiger partial charge in [-0.2, -0.15) is 15.8 Å². The number of nitrogens with zero attached hydrogens (tertiary/aromatic N) is 4. The minimum Gasteiger partial charge on any atom is -0.482 e. The van der Waals surface area contributed by atoms with Gasteiger partial charge in [0, 0.05) is 29.9 Å². The molecule has 1 aliphatic heterocycles. The molecule has 3 heterocycles. The Morgan fingerprint density at radius 3 is 2.96 bits per heavy atom. The highest BCUT2D eigenvalue weighted by molar-refractivity contribution is 5.73. The van der Waals surface area contributed by atoms with E-state index < -0.39 is 11.9 Å². The van der Waals surface area contributed by atoms with Crippen LogP contribution in [0.4, 0.5) is 10.2 Å². The largest absolute Gasteiger partial charge is 0.482 e. The van der Waals surface area contributed by atoms with Gasteiger partial charge in [0.25, 0.3) is 0 Å². The van der Waals surface area contributed by atoms with Crippen LogP contribution in [-0.2, 0) is 13.6 Å². The number of nitriles is 1. The Morgan fingerprint density at radius 1 is 1.36 bits per heavy atom. The first-order chi connectivity index (χ1) is 13.5. The summed E-state index contributed by atoms with van der Waals surface area (Å²) in [5, 5.41) is 14.0. The van der Waals surface area contributed by atoms with Crippen LogP contribution in [0.5, 0.6) is 11.5 Å². The molecular weight excluding hydrogens is 363 g/mol. The lowest BCUT2D eigenvalue weighted by Gasteiger charge is -2.20. The first-order valence-electron chi connectivity index (χ1n) is 8.55. The molecule has 0 saturated heterocycles. The number of aryl methyl sites for hydroxylation is 1. The Balaban J connectivity index is 1.90. The minimum atomic E-state index is -0.560. The summed E-state index contributed by atoms with van der Waals surface area (Å²) in [7, 11) is 1.69. The lowest BCUT2D eigenvalue weighted by molar-refractivity contribution is 0.171. The second kappa shape index (κ2) is 6.83. The van der Waals surface area contributed by atoms with E-state index in [2.05, 4.69) is 21.6 Å². The number of hydroxylamine groups is 1. The van der Waals surface area contributed by atoms with Crippen LogP contribution in [0.15, 0.2) is 30.5 Å². The quantitative estimate of drug-likeness (QED) is 0.617. The Hall–Kier alpha value is -3.64. The number of rotatable bonds is 0. The van der Waals surface area contributed by atoms with E-state index in [4.69, 9.17) is 15.3 Å². The number of pyridine rings is 1. The van der Waals surface area contributed by atoms with Crippen molar-refractivity contribution < 1.29 is 14.0 Å². The molecule has 0 spiro atoms. The Kier molecular flexibility index (Phi) is 4.33. The van der Waals surface area contributed by atoms with Crippen molar-refractivity contribution in [2.24, 2.45) is 7.05 Å². The maximum absolute atomic E-state index is 13.8. The monoisotopic (exact) mass is 380 g/mol. The van der Waals surface area contributed by atoms with E-state index in [1.807, 2.05) is 0 Å². The van der Waals surface area contributed by atoms with Crippen LogP contribution < -0.4 is 20.8 Å². The van der Waals surface area contributed by atoms with E-state index in [1.54, 1.807) is 26.2 Å². The highest BCUT2D eigenvalue weighted by Crippen LogP contribution is 2.36. The molecule has 2 aromatic heterocycles. The maximum Gasteiger partial charge on any atom is 0.166 e. The molecule has 1 atom stereocenters. The number of nitrogen functional groups attached to an aromatic ring is 1. The van der Waals surface area contributed by atoms with Gasteiger partial charge in [-0.1, -0.05) is 0 Å². The van der Waals surface area contributed by atoms with Gasteiger partial charge in [0.1, 0.15) is 23.7 Å². The number of halogens is 1. The van der Waals surface area contributed by atoms with Crippen LogP contribution in [0.3, 0.4) is 0 Å². The normalized spacial score (nSPS) is 15.7. The van der Waals surface area contributed by atoms with Crippen LogP contribution in [0.25, 0.3) is 11.1 Å². The predicted octanol–water partition coefficient (Wildman–Crippen LogP) is 2.61. The van der Waals surface area contributed by atoms with Crippen LogP contribution in [0.1, 0.15) is 30.0 Å². The number of fused-ring (bicyclic) bond motifs is 5. The van der Waals surface area contributed by atoms with Gasteiger partial charge in [-0.15, -0.1) is 0 Å². The molecule has 2 bridgehead atoms. The van der Waals surface area contributed by atoms with Gasteiger partial charge < -0.3 is 15.3 Å². The topological polar surface area (TPSA) is 111 Å². The van der Waals surface area contributed by atoms with Crippen molar-refractivity contribution in [1.29, 1.82) is 5.26 Å². The predicted molar refractivity (Wildman–Crippen MR) is 98.5 cm³/mol. The molecule has 3 N–H and O–H groups in total. The molecule has 28 heavy (non-hydrogen) atoms. The van der Waals surface area contributed by atoms with E-state index >= 15 is 0 Å². The van der Waals surface area contributed by atoms with E-state index in [0.29, 0.717) is 39.6 Å². The highest BCUT2D eigenvalue weighted by Gasteiger charge is 2.22. The first kappa shape index (κ1) is 17.8. The molecule has 3 aromatic rings. The number of ether oxygens (including phenoxy) is 1. The van der Waals surface area contributed by atoms with E-state index in [-0.39, 0.29) is 12.4 Å². The van der Waals surface area contributed by atoms with Gasteiger partial charge in [0.05, 0.1) is 12.2 Å². The third kappa shape index (κ3) is 3.00. The second-order valence-electron chi connectivity index (χ2n) is 6.38. The summed E-state index contributed by atoms with van der Waals surface area (Å²) in [6.07, 6.45) is 1.00. The fourth-order valence-electron chi connectivity index (χ4n) is 3.19. The van der Waals surface area contributed by atoms with Crippen LogP contribution in [-0.4, -0.2) is 14.8 Å². The average molecular weight is 380 g/mol. The molecule has 0 radical (unpaired) electrons. The fraction of sp³-hybridized carbons (Fsp3) is 0.211. The zero-order valence-corrected chi connectivity index (χ0v) is 15.2. The van der Waals surface area contributed by atoms with Crippen molar-refractivity contribution in [3.8, 4) is 28.7 Å². The van der Waals surface area contributed by atoms with Gasteiger partial charge in [-0.3, -0.25) is 4.68 Å². The number of hydrogen-bond donors (Lipinski definition) is 2. The van der Waals surface area contributed by atoms with E-state index in [1.165, 1.54) is 22.9 Å². The van der Waals surface area contributed by atoms with Crippen molar-refractivity contribution in [1.82, 2.24) is 20.2 Å². The smallest absolute Gasteiger partial charge is 0.166 e. The third-order valence-corrected chi connectivity index (χ3v) is 4.53. The average Bonchev–Trinajstić information content (AvgIpc) is 2.99. The van der Waals surface area contributed by atoms with Gasteiger partial charge in [-0.25, -0.2) is 9.37 Å². The number of hydrogen-bond acceptors (Lipinski definition) is 7. The maximum atomic E-state index is 13.8. The SMILES string of the molecule is C[C@H]1Oc2cc(cnc2N)-c2c(nn(C)c2C#N)CNOc2ccc(F)cc21. The van der Waals surface area contributed by atoms with Gasteiger partial charge in [0.15, 0.2) is 17.3 Å². The minimum absolute atomic E-state index is 0.189. The molecule has 0 aliphatic carbocycles. The molecule has 9 heteroatoms. The molecule has 0 amide bonds. The molecule has 4 rings (SSSR count). The number of benzene rings is 1. The zero-order valence-electron chi connectivity index (χ0n) is 15.2. The summed E-state index contributed by atoms with van der Waals surface area (Å²) in [4.78, 5) is 9.85. The lowest BCUT2D eigenvalue weighted by Crippen LogP contribution is -2.21. The third-order valence-electron chi connectivity index (χ3n) is 4.53. The van der Waals surface area contributed by atoms with E-state index in [0.717, 1.165) is 0 Å². The summed E-state index contributed by atoms with van der Waals surface area (Å²) < 4.78 is 21.3. The zero-order chi connectivity index (χ0) is 19.8. The Bertz CT molecular complexity index is 1100. The lowest BCUT2D eigenvalue weighted by atomic mass is 10.0.